The molecule has 5 rings (SSSR count). The van der Waals surface area contributed by atoms with Crippen LogP contribution in [0.1, 0.15) is 68.0 Å². The van der Waals surface area contributed by atoms with Crippen LogP contribution in [0.15, 0.2) is 84.9 Å². The predicted molar refractivity (Wildman–Crippen MR) is 192 cm³/mol. The minimum absolute atomic E-state index is 0.0441. The number of halogens is 1. The van der Waals surface area contributed by atoms with E-state index < -0.39 is 27.9 Å². The number of aryl methyl sites for hydroxylation is 1. The molecule has 1 aliphatic heterocycles. The summed E-state index contributed by atoms with van der Waals surface area (Å²) in [5, 5.41) is 11.7. The maximum Gasteiger partial charge on any atom is 0.356 e. The van der Waals surface area contributed by atoms with Gasteiger partial charge in [0.2, 0.25) is 5.91 Å². The Morgan fingerprint density at radius 2 is 1.60 bits per heavy atom. The number of β-lactam (4-membered cyclic amide) rings is 1. The van der Waals surface area contributed by atoms with Gasteiger partial charge >= 0.3 is 7.60 Å². The van der Waals surface area contributed by atoms with Gasteiger partial charge < -0.3 is 24.2 Å². The van der Waals surface area contributed by atoms with Crippen molar-refractivity contribution in [2.75, 3.05) is 4.90 Å². The van der Waals surface area contributed by atoms with Gasteiger partial charge in [0.05, 0.1) is 23.4 Å². The molecule has 48 heavy (non-hydrogen) atoms. The van der Waals surface area contributed by atoms with Crippen LogP contribution >= 0.6 is 7.60 Å². The molecule has 7 nitrogen and oxygen atoms in total. The van der Waals surface area contributed by atoms with Crippen molar-refractivity contribution in [1.29, 1.82) is 0 Å². The summed E-state index contributed by atoms with van der Waals surface area (Å²) in [4.78, 5) is 35.3. The van der Waals surface area contributed by atoms with Gasteiger partial charge in [-0.3, -0.25) is 9.36 Å². The Morgan fingerprint density at radius 3 is 2.21 bits per heavy atom. The third-order valence-corrected chi connectivity index (χ3v) is 15.5. The van der Waals surface area contributed by atoms with Crippen LogP contribution in [0.3, 0.4) is 0 Å². The number of para-hydroxylation sites is 1. The van der Waals surface area contributed by atoms with Gasteiger partial charge in [0, 0.05) is 11.3 Å². The van der Waals surface area contributed by atoms with Gasteiger partial charge in [-0.1, -0.05) is 69.3 Å². The van der Waals surface area contributed by atoms with E-state index in [9.17, 15) is 28.6 Å². The van der Waals surface area contributed by atoms with E-state index in [1.54, 1.807) is 36.1 Å². The Hall–Kier alpha value is -3.59. The molecule has 1 saturated heterocycles. The molecule has 10 heteroatoms. The Bertz CT molecular complexity index is 1850. The summed E-state index contributed by atoms with van der Waals surface area (Å²) in [7, 11) is -6.73. The van der Waals surface area contributed by atoms with Crippen molar-refractivity contribution in [3.63, 3.8) is 0 Å². The normalized spacial score (nSPS) is 17.7. The number of carbonyl (C=O) groups is 1. The molecule has 0 bridgehead atoms. The molecule has 254 valence electrons. The first-order valence-electron chi connectivity index (χ1n) is 16.2. The van der Waals surface area contributed by atoms with E-state index in [1.165, 1.54) is 24.3 Å². The van der Waals surface area contributed by atoms with Crippen molar-refractivity contribution in [1.82, 2.24) is 0 Å². The number of aromatic hydroxyl groups is 1. The molecule has 3 N–H and O–H groups in total. The van der Waals surface area contributed by atoms with Gasteiger partial charge in [-0.25, -0.2) is 4.39 Å². The zero-order valence-electron chi connectivity index (χ0n) is 28.6. The van der Waals surface area contributed by atoms with Crippen LogP contribution in [-0.2, 0) is 13.8 Å². The number of hydrogen-bond acceptors (Lipinski definition) is 4. The highest BCUT2D eigenvalue weighted by Gasteiger charge is 2.50. The minimum Gasteiger partial charge on any atom is -0.507 e. The lowest BCUT2D eigenvalue weighted by molar-refractivity contribution is -0.131. The number of carbonyl (C=O) groups excluding carboxylic acids is 1. The number of amides is 1. The number of phenols is 1. The van der Waals surface area contributed by atoms with E-state index in [-0.39, 0.29) is 33.9 Å². The van der Waals surface area contributed by atoms with Gasteiger partial charge in [0.25, 0.3) is 0 Å². The van der Waals surface area contributed by atoms with Crippen molar-refractivity contribution in [2.24, 2.45) is 5.92 Å². The largest absolute Gasteiger partial charge is 0.507 e. The first kappa shape index (κ1) is 35.7. The molecule has 1 heterocycles. The Morgan fingerprint density at radius 1 is 0.958 bits per heavy atom. The highest BCUT2D eigenvalue weighted by Crippen LogP contribution is 2.52. The topological polar surface area (TPSA) is 107 Å². The molecule has 4 aromatic carbocycles. The van der Waals surface area contributed by atoms with Crippen LogP contribution in [0.2, 0.25) is 18.1 Å². The van der Waals surface area contributed by atoms with Gasteiger partial charge in [-0.2, -0.15) is 0 Å². The standard InChI is InChI=1S/C38H45FNO6PSi/c1-24-22-32(27-12-11-15-30(23-27)47(43,44)45)25(2)36(41)34(24)35-31(37(42)40(35)29-13-9-8-10-14-29)20-21-33(26-16-18-28(39)19-17-26)46-48(6,7)38(3,4)5/h8-19,22-23,31,33,35,41H,20-21H2,1-7H3,(H2,43,44,45)/t31-,33+,35+/m1/s1. The van der Waals surface area contributed by atoms with Crippen molar-refractivity contribution < 1.29 is 33.1 Å². The third-order valence-electron chi connectivity index (χ3n) is 10.1. The Kier molecular flexibility index (Phi) is 9.95. The molecular formula is C38H45FNO6PSi. The number of phenolic OH excluding ortho intramolecular Hbond substituents is 1. The fourth-order valence-corrected chi connectivity index (χ4v) is 8.22. The van der Waals surface area contributed by atoms with E-state index in [4.69, 9.17) is 4.43 Å². The lowest BCUT2D eigenvalue weighted by Crippen LogP contribution is -2.55. The summed E-state index contributed by atoms with van der Waals surface area (Å²) in [5.74, 6) is -0.784. The second-order valence-corrected chi connectivity index (χ2v) is 20.7. The van der Waals surface area contributed by atoms with E-state index >= 15 is 0 Å². The third kappa shape index (κ3) is 7.07. The van der Waals surface area contributed by atoms with E-state index in [0.717, 1.165) is 16.8 Å². The number of benzene rings is 4. The lowest BCUT2D eigenvalue weighted by Gasteiger charge is -2.49. The van der Waals surface area contributed by atoms with Gasteiger partial charge in [0.15, 0.2) is 8.32 Å². The second-order valence-electron chi connectivity index (χ2n) is 14.3. The quantitative estimate of drug-likeness (QED) is 0.0873. The minimum atomic E-state index is -4.48. The molecule has 1 aliphatic rings. The zero-order chi connectivity index (χ0) is 35.2. The summed E-state index contributed by atoms with van der Waals surface area (Å²) < 4.78 is 32.8. The molecular weight excluding hydrogens is 644 g/mol. The first-order chi connectivity index (χ1) is 22.4. The second kappa shape index (κ2) is 13.4. The van der Waals surface area contributed by atoms with Crippen LogP contribution in [0.25, 0.3) is 11.1 Å². The van der Waals surface area contributed by atoms with Crippen molar-refractivity contribution >= 4 is 32.8 Å². The average Bonchev–Trinajstić information content (AvgIpc) is 3.02. The van der Waals surface area contributed by atoms with Crippen LogP contribution in [0, 0.1) is 25.6 Å². The highest BCUT2D eigenvalue weighted by atomic mass is 31.2. The summed E-state index contributed by atoms with van der Waals surface area (Å²) in [5.41, 5.74) is 4.76. The highest BCUT2D eigenvalue weighted by molar-refractivity contribution is 7.60. The summed E-state index contributed by atoms with van der Waals surface area (Å²) in [6.45, 7) is 14.5. The maximum atomic E-state index is 14.0. The van der Waals surface area contributed by atoms with Crippen LogP contribution in [0.5, 0.6) is 5.75 Å². The summed E-state index contributed by atoms with van der Waals surface area (Å²) >= 11 is 0. The molecule has 0 aliphatic carbocycles. The smallest absolute Gasteiger partial charge is 0.356 e. The Labute approximate surface area is 283 Å². The molecule has 0 unspecified atom stereocenters. The molecule has 0 saturated carbocycles. The maximum absolute atomic E-state index is 14.0. The zero-order valence-corrected chi connectivity index (χ0v) is 30.5. The van der Waals surface area contributed by atoms with E-state index in [2.05, 4.69) is 33.9 Å². The number of rotatable bonds is 10. The van der Waals surface area contributed by atoms with Crippen LogP contribution in [0.4, 0.5) is 10.1 Å². The monoisotopic (exact) mass is 689 g/mol. The molecule has 4 aromatic rings. The molecule has 0 spiro atoms. The van der Waals surface area contributed by atoms with Crippen molar-refractivity contribution in [3.8, 4) is 16.9 Å². The molecule has 1 fully saturated rings. The molecule has 3 atom stereocenters. The molecule has 1 amide bonds. The van der Waals surface area contributed by atoms with Gasteiger partial charge in [-0.05, 0) is 109 Å². The SMILES string of the molecule is Cc1cc(-c2cccc(P(=O)(O)O)c2)c(C)c(O)c1[C@@H]1[C@@H](CC[C@H](O[Si](C)(C)C(C)(C)C)c2ccc(F)cc2)C(=O)N1c1ccccc1. The fraction of sp³-hybridized carbons (Fsp3) is 0.342. The van der Waals surface area contributed by atoms with Crippen LogP contribution < -0.4 is 10.2 Å². The predicted octanol–water partition coefficient (Wildman–Crippen LogP) is 8.87. The van der Waals surface area contributed by atoms with Crippen molar-refractivity contribution in [3.05, 3.63) is 113 Å². The fourth-order valence-electron chi connectivity index (χ4n) is 6.32. The first-order valence-corrected chi connectivity index (χ1v) is 20.7. The summed E-state index contributed by atoms with van der Waals surface area (Å²) in [6.07, 6.45) is 0.665. The van der Waals surface area contributed by atoms with E-state index in [0.29, 0.717) is 35.1 Å². The number of hydrogen-bond donors (Lipinski definition) is 3. The summed E-state index contributed by atoms with van der Waals surface area (Å²) in [6, 6.07) is 23.4. The number of nitrogens with zero attached hydrogens (tertiary/aromatic N) is 1. The number of anilines is 1. The lowest BCUT2D eigenvalue weighted by atomic mass is 9.75. The van der Waals surface area contributed by atoms with Crippen molar-refractivity contribution in [2.45, 2.75) is 77.7 Å². The van der Waals surface area contributed by atoms with Gasteiger partial charge in [0.1, 0.15) is 11.6 Å². The Balaban J connectivity index is 1.54. The van der Waals surface area contributed by atoms with E-state index in [1.807, 2.05) is 43.3 Å². The van der Waals surface area contributed by atoms with Crippen LogP contribution in [-0.4, -0.2) is 29.1 Å². The molecule has 0 aromatic heterocycles. The molecule has 0 radical (unpaired) electrons. The van der Waals surface area contributed by atoms with Gasteiger partial charge in [-0.15, -0.1) is 0 Å². The average molecular weight is 690 g/mol.